The van der Waals surface area contributed by atoms with Crippen LogP contribution in [0.2, 0.25) is 36.3 Å². The molecule has 0 bridgehead atoms. The Bertz CT molecular complexity index is 1410. The van der Waals surface area contributed by atoms with Crippen molar-refractivity contribution in [3.63, 3.8) is 0 Å². The molecule has 0 aliphatic rings. The zero-order valence-corrected chi connectivity index (χ0v) is 31.6. The number of pyridine rings is 3. The molecule has 0 spiro atoms. The number of nitrogens with zero attached hydrogens (tertiary/aromatic N) is 3. The summed E-state index contributed by atoms with van der Waals surface area (Å²) in [5.74, 6) is -1.34. The molecule has 3 heterocycles. The van der Waals surface area contributed by atoms with Gasteiger partial charge in [-0.25, -0.2) is 14.6 Å². The number of carbonyl (C=O) groups is 2. The molecular formula is C35H51N3O6Si2. The van der Waals surface area contributed by atoms with Gasteiger partial charge in [-0.15, -0.1) is 0 Å². The second-order valence-electron chi connectivity index (χ2n) is 14.7. The normalized spacial score (nSPS) is 14.0. The number of aromatic nitrogens is 3. The molecule has 0 aliphatic heterocycles. The van der Waals surface area contributed by atoms with Crippen molar-refractivity contribution in [3.05, 3.63) is 88.8 Å². The molecule has 3 aromatic heterocycles. The smallest absolute Gasteiger partial charge is 0.357 e. The first kappa shape index (κ1) is 37.2. The maximum atomic E-state index is 13.0. The van der Waals surface area contributed by atoms with Crippen LogP contribution in [-0.4, -0.2) is 43.5 Å². The average Bonchev–Trinajstić information content (AvgIpc) is 2.98. The number of hydrogen-bond donors (Lipinski definition) is 0. The van der Waals surface area contributed by atoms with Gasteiger partial charge in [0, 0.05) is 0 Å². The highest BCUT2D eigenvalue weighted by molar-refractivity contribution is 6.74. The fraction of sp³-hybridized carbons (Fsp3) is 0.514. The van der Waals surface area contributed by atoms with Gasteiger partial charge in [-0.05, 0) is 86.5 Å². The predicted molar refractivity (Wildman–Crippen MR) is 184 cm³/mol. The van der Waals surface area contributed by atoms with Crippen molar-refractivity contribution in [1.29, 1.82) is 0 Å². The highest BCUT2D eigenvalue weighted by Crippen LogP contribution is 2.38. The van der Waals surface area contributed by atoms with Crippen LogP contribution in [0.3, 0.4) is 0 Å². The first-order valence-corrected chi connectivity index (χ1v) is 21.6. The van der Waals surface area contributed by atoms with Crippen LogP contribution in [0.25, 0.3) is 0 Å². The molecule has 0 amide bonds. The van der Waals surface area contributed by atoms with Crippen LogP contribution >= 0.6 is 0 Å². The van der Waals surface area contributed by atoms with Crippen LogP contribution in [-0.2, 0) is 31.5 Å². The Hall–Kier alpha value is -3.26. The van der Waals surface area contributed by atoms with E-state index in [-0.39, 0.29) is 21.5 Å². The van der Waals surface area contributed by atoms with Gasteiger partial charge in [-0.2, -0.15) is 0 Å². The number of carbonyl (C=O) groups excluding carboxylic acids is 2. The van der Waals surface area contributed by atoms with Gasteiger partial charge in [0.15, 0.2) is 16.6 Å². The van der Waals surface area contributed by atoms with Crippen LogP contribution in [0.4, 0.5) is 0 Å². The minimum atomic E-state index is -1.94. The molecule has 46 heavy (non-hydrogen) atoms. The lowest BCUT2D eigenvalue weighted by Crippen LogP contribution is -2.40. The summed E-state index contributed by atoms with van der Waals surface area (Å²) in [6.45, 7) is 26.2. The average molecular weight is 666 g/mol. The van der Waals surface area contributed by atoms with Gasteiger partial charge in [0.2, 0.25) is 0 Å². The second-order valence-corrected chi connectivity index (χ2v) is 24.3. The van der Waals surface area contributed by atoms with E-state index in [2.05, 4.69) is 82.7 Å². The number of ether oxygens (including phenoxy) is 2. The summed E-state index contributed by atoms with van der Waals surface area (Å²) in [6, 6.07) is 15.7. The molecule has 3 aromatic rings. The summed E-state index contributed by atoms with van der Waals surface area (Å²) in [5, 5.41) is 0.169. The number of rotatable bonds is 12. The molecule has 0 fully saturated rings. The van der Waals surface area contributed by atoms with Crippen molar-refractivity contribution in [1.82, 2.24) is 15.0 Å². The van der Waals surface area contributed by atoms with Crippen LogP contribution in [0.15, 0.2) is 54.6 Å². The molecule has 0 radical (unpaired) electrons. The summed E-state index contributed by atoms with van der Waals surface area (Å²) in [7, 11) is -3.89. The third-order valence-corrected chi connectivity index (χ3v) is 18.0. The molecule has 0 aliphatic carbocycles. The van der Waals surface area contributed by atoms with Gasteiger partial charge in [-0.3, -0.25) is 9.97 Å². The highest BCUT2D eigenvalue weighted by Gasteiger charge is 2.38. The molecule has 2 atom stereocenters. The molecule has 0 unspecified atom stereocenters. The minimum absolute atomic E-state index is 0.00531. The summed E-state index contributed by atoms with van der Waals surface area (Å²) in [4.78, 5) is 39.6. The van der Waals surface area contributed by atoms with Crippen LogP contribution in [0.5, 0.6) is 0 Å². The summed E-state index contributed by atoms with van der Waals surface area (Å²) >= 11 is 0. The van der Waals surface area contributed by atoms with Gasteiger partial charge in [0.05, 0.1) is 36.0 Å². The Labute approximate surface area is 276 Å². The van der Waals surface area contributed by atoms with E-state index in [0.29, 0.717) is 24.6 Å². The van der Waals surface area contributed by atoms with Gasteiger partial charge in [0.25, 0.3) is 0 Å². The van der Waals surface area contributed by atoms with Crippen molar-refractivity contribution in [2.45, 2.75) is 117 Å². The summed E-state index contributed by atoms with van der Waals surface area (Å²) in [5.41, 5.74) is 2.72. The van der Waals surface area contributed by atoms with Gasteiger partial charge in [-0.1, -0.05) is 59.7 Å². The number of hydrogen-bond acceptors (Lipinski definition) is 9. The van der Waals surface area contributed by atoms with Crippen molar-refractivity contribution in [3.8, 4) is 0 Å². The first-order valence-electron chi connectivity index (χ1n) is 15.8. The summed E-state index contributed by atoms with van der Waals surface area (Å²) in [6.07, 6.45) is -1.28. The van der Waals surface area contributed by atoms with E-state index in [0.717, 1.165) is 11.4 Å². The molecule has 9 nitrogen and oxygen atoms in total. The van der Waals surface area contributed by atoms with Crippen molar-refractivity contribution >= 4 is 28.6 Å². The zero-order valence-electron chi connectivity index (χ0n) is 29.6. The second kappa shape index (κ2) is 14.7. The first-order chi connectivity index (χ1) is 21.2. The minimum Gasteiger partial charge on any atom is -0.451 e. The fourth-order valence-corrected chi connectivity index (χ4v) is 5.66. The quantitative estimate of drug-likeness (QED) is 0.138. The van der Waals surface area contributed by atoms with Gasteiger partial charge >= 0.3 is 11.9 Å². The van der Waals surface area contributed by atoms with E-state index in [9.17, 15) is 9.59 Å². The predicted octanol–water partition coefficient (Wildman–Crippen LogP) is 8.75. The lowest BCUT2D eigenvalue weighted by Gasteiger charge is -2.36. The zero-order chi connectivity index (χ0) is 34.5. The van der Waals surface area contributed by atoms with E-state index >= 15 is 0 Å². The van der Waals surface area contributed by atoms with Gasteiger partial charge < -0.3 is 18.3 Å². The Morgan fingerprint density at radius 2 is 0.957 bits per heavy atom. The maximum absolute atomic E-state index is 13.0. The van der Waals surface area contributed by atoms with Crippen molar-refractivity contribution in [2.24, 2.45) is 0 Å². The maximum Gasteiger partial charge on any atom is 0.357 e. The van der Waals surface area contributed by atoms with E-state index in [1.807, 2.05) is 24.3 Å². The van der Waals surface area contributed by atoms with E-state index in [1.165, 1.54) is 12.1 Å². The topological polar surface area (TPSA) is 110 Å². The SMILES string of the molecule is C[C@H](OC(=O)c1cccc(C(=O)O[C@H](C)c2cccc(CO[Si](C)(C)C(C)(C)C)n2)n1)c1cccc(CO[Si](C)(C)C(C)(C)C)n1. The lowest BCUT2D eigenvalue weighted by molar-refractivity contribution is 0.0313. The highest BCUT2D eigenvalue weighted by atomic mass is 28.4. The Morgan fingerprint density at radius 1 is 0.609 bits per heavy atom. The largest absolute Gasteiger partial charge is 0.451 e. The third kappa shape index (κ3) is 9.87. The molecule has 0 saturated heterocycles. The molecular weight excluding hydrogens is 615 g/mol. The van der Waals surface area contributed by atoms with Crippen LogP contribution < -0.4 is 0 Å². The van der Waals surface area contributed by atoms with Gasteiger partial charge in [0.1, 0.15) is 23.6 Å². The van der Waals surface area contributed by atoms with E-state index in [1.54, 1.807) is 32.0 Å². The number of esters is 2. The monoisotopic (exact) mass is 665 g/mol. The molecule has 0 N–H and O–H groups in total. The Morgan fingerprint density at radius 3 is 1.30 bits per heavy atom. The molecule has 3 rings (SSSR count). The lowest BCUT2D eigenvalue weighted by atomic mass is 10.2. The fourth-order valence-electron chi connectivity index (χ4n) is 3.78. The van der Waals surface area contributed by atoms with Crippen molar-refractivity contribution < 1.29 is 27.9 Å². The Balaban J connectivity index is 1.62. The van der Waals surface area contributed by atoms with Crippen molar-refractivity contribution in [2.75, 3.05) is 0 Å². The van der Waals surface area contributed by atoms with Crippen LogP contribution in [0.1, 0.15) is 111 Å². The third-order valence-electron chi connectivity index (χ3n) is 9.00. The standard InChI is InChI=1S/C35H51N3O6Si2/c1-24(28-18-13-16-26(36-28)22-41-45(9,10)34(3,4)5)43-32(39)30-20-15-21-31(38-30)33(40)44-25(2)29-19-14-17-27(37-29)23-42-46(11,12)35(6,7)8/h13-21,24-25H,22-23H2,1-12H3/t24-,25+. The molecule has 0 aromatic carbocycles. The Kier molecular flexibility index (Phi) is 11.9. The molecule has 0 saturated carbocycles. The van der Waals surface area contributed by atoms with Crippen LogP contribution in [0, 0.1) is 0 Å². The van der Waals surface area contributed by atoms with E-state index < -0.39 is 40.8 Å². The molecule has 11 heteroatoms. The van der Waals surface area contributed by atoms with E-state index in [4.69, 9.17) is 18.3 Å². The summed E-state index contributed by atoms with van der Waals surface area (Å²) < 4.78 is 24.0. The molecule has 250 valence electrons.